The van der Waals surface area contributed by atoms with Gasteiger partial charge in [0.1, 0.15) is 0 Å². The lowest BCUT2D eigenvalue weighted by molar-refractivity contribution is 0.953. The molecule has 0 saturated carbocycles. The lowest BCUT2D eigenvalue weighted by atomic mass is 9.90. The molecule has 1 aliphatic heterocycles. The number of rotatable bonds is 1. The van der Waals surface area contributed by atoms with E-state index in [1.807, 2.05) is 24.5 Å². The van der Waals surface area contributed by atoms with Crippen LogP contribution >= 0.6 is 0 Å². The third-order valence-electron chi connectivity index (χ3n) is 3.88. The van der Waals surface area contributed by atoms with Crippen LogP contribution in [0.5, 0.6) is 0 Å². The molecule has 0 fully saturated rings. The lowest BCUT2D eigenvalue weighted by Crippen LogP contribution is -2.14. The van der Waals surface area contributed by atoms with E-state index < -0.39 is 0 Å². The third-order valence-corrected chi connectivity index (χ3v) is 3.88. The Morgan fingerprint density at radius 1 is 0.850 bits per heavy atom. The molecule has 0 spiro atoms. The number of benzene rings is 2. The van der Waals surface area contributed by atoms with Gasteiger partial charge in [0.15, 0.2) is 0 Å². The Morgan fingerprint density at radius 2 is 1.70 bits per heavy atom. The molecule has 3 aromatic rings. The van der Waals surface area contributed by atoms with Gasteiger partial charge in [-0.2, -0.15) is 0 Å². The molecule has 1 aromatic heterocycles. The van der Waals surface area contributed by atoms with Crippen molar-refractivity contribution >= 4 is 16.5 Å². The zero-order valence-electron chi connectivity index (χ0n) is 11.1. The fourth-order valence-electron chi connectivity index (χ4n) is 2.95. The maximum atomic E-state index is 4.74. The molecule has 2 heteroatoms. The van der Waals surface area contributed by atoms with Crippen LogP contribution in [-0.2, 0) is 6.42 Å². The fraction of sp³-hybridized carbons (Fsp3) is 0.111. The number of nitrogens with zero attached hydrogens (tertiary/aromatic N) is 2. The summed E-state index contributed by atoms with van der Waals surface area (Å²) in [7, 11) is 0. The molecule has 0 saturated heterocycles. The van der Waals surface area contributed by atoms with Crippen LogP contribution in [0.3, 0.4) is 0 Å². The Labute approximate surface area is 117 Å². The van der Waals surface area contributed by atoms with Crippen molar-refractivity contribution in [2.24, 2.45) is 4.99 Å². The quantitative estimate of drug-likeness (QED) is 0.654. The largest absolute Gasteiger partial charge is 0.284 e. The molecule has 2 nitrogen and oxygen atoms in total. The van der Waals surface area contributed by atoms with Crippen LogP contribution in [0.4, 0.5) is 0 Å². The summed E-state index contributed by atoms with van der Waals surface area (Å²) in [6, 6.07) is 17.0. The highest BCUT2D eigenvalue weighted by atomic mass is 14.8. The van der Waals surface area contributed by atoms with Gasteiger partial charge < -0.3 is 0 Å². The molecule has 0 unspecified atom stereocenters. The number of pyridine rings is 1. The first kappa shape index (κ1) is 11.4. The molecular formula is C18H14N2. The minimum Gasteiger partial charge on any atom is -0.284 e. The SMILES string of the molecule is c1ccc2c3c(ccc2c1)C(c1ccncc1)=NCC3. The summed E-state index contributed by atoms with van der Waals surface area (Å²) >= 11 is 0. The van der Waals surface area contributed by atoms with Gasteiger partial charge in [-0.15, -0.1) is 0 Å². The summed E-state index contributed by atoms with van der Waals surface area (Å²) in [6.07, 6.45) is 4.67. The fourth-order valence-corrected chi connectivity index (χ4v) is 2.95. The van der Waals surface area contributed by atoms with E-state index in [-0.39, 0.29) is 0 Å². The van der Waals surface area contributed by atoms with E-state index in [0.717, 1.165) is 24.2 Å². The first-order valence-corrected chi connectivity index (χ1v) is 6.89. The van der Waals surface area contributed by atoms with Crippen molar-refractivity contribution < 1.29 is 0 Å². The average molecular weight is 258 g/mol. The summed E-state index contributed by atoms with van der Waals surface area (Å²) in [5.74, 6) is 0. The molecule has 0 aliphatic carbocycles. The molecule has 0 atom stereocenters. The molecule has 1 aliphatic rings. The lowest BCUT2D eigenvalue weighted by Gasteiger charge is -2.19. The molecule has 96 valence electrons. The van der Waals surface area contributed by atoms with Crippen LogP contribution in [0, 0.1) is 0 Å². The summed E-state index contributed by atoms with van der Waals surface area (Å²) in [5, 5.41) is 2.66. The molecular weight excluding hydrogens is 244 g/mol. The monoisotopic (exact) mass is 258 g/mol. The van der Waals surface area contributed by atoms with Gasteiger partial charge >= 0.3 is 0 Å². The second kappa shape index (κ2) is 4.57. The first-order chi connectivity index (χ1) is 9.93. The summed E-state index contributed by atoms with van der Waals surface area (Å²) in [4.78, 5) is 8.83. The van der Waals surface area contributed by atoms with E-state index in [0.29, 0.717) is 0 Å². The van der Waals surface area contributed by atoms with Crippen LogP contribution in [-0.4, -0.2) is 17.2 Å². The zero-order valence-corrected chi connectivity index (χ0v) is 11.1. The van der Waals surface area contributed by atoms with Gasteiger partial charge in [-0.1, -0.05) is 36.4 Å². The number of fused-ring (bicyclic) bond motifs is 3. The maximum absolute atomic E-state index is 4.74. The van der Waals surface area contributed by atoms with Crippen LogP contribution in [0.1, 0.15) is 16.7 Å². The van der Waals surface area contributed by atoms with Gasteiger partial charge in [0.25, 0.3) is 0 Å². The molecule has 2 heterocycles. The number of hydrogen-bond acceptors (Lipinski definition) is 2. The van der Waals surface area contributed by atoms with Gasteiger partial charge in [0, 0.05) is 30.1 Å². The van der Waals surface area contributed by atoms with Crippen molar-refractivity contribution in [1.82, 2.24) is 4.98 Å². The van der Waals surface area contributed by atoms with Crippen molar-refractivity contribution in [1.29, 1.82) is 0 Å². The van der Waals surface area contributed by atoms with E-state index in [1.54, 1.807) is 0 Å². The minimum atomic E-state index is 0.860. The van der Waals surface area contributed by atoms with E-state index in [2.05, 4.69) is 41.4 Å². The second-order valence-corrected chi connectivity index (χ2v) is 5.03. The van der Waals surface area contributed by atoms with Crippen LogP contribution in [0.25, 0.3) is 10.8 Å². The van der Waals surface area contributed by atoms with Crippen molar-refractivity contribution in [3.63, 3.8) is 0 Å². The highest BCUT2D eigenvalue weighted by Crippen LogP contribution is 2.27. The smallest absolute Gasteiger partial charge is 0.0723 e. The number of hydrogen-bond donors (Lipinski definition) is 0. The predicted molar refractivity (Wildman–Crippen MR) is 82.4 cm³/mol. The highest BCUT2D eigenvalue weighted by molar-refractivity contribution is 6.16. The normalized spacial score (nSPS) is 13.9. The van der Waals surface area contributed by atoms with Gasteiger partial charge in [-0.05, 0) is 34.9 Å². The standard InChI is InChI=1S/C18H14N2/c1-2-4-15-13(3-1)5-6-17-16(15)9-12-20-18(17)14-7-10-19-11-8-14/h1-8,10-11H,9,12H2. The van der Waals surface area contributed by atoms with Gasteiger partial charge in [-0.3, -0.25) is 9.98 Å². The van der Waals surface area contributed by atoms with E-state index in [9.17, 15) is 0 Å². The second-order valence-electron chi connectivity index (χ2n) is 5.03. The molecule has 0 amide bonds. The van der Waals surface area contributed by atoms with Gasteiger partial charge in [0.2, 0.25) is 0 Å². The van der Waals surface area contributed by atoms with Crippen molar-refractivity contribution in [2.75, 3.05) is 6.54 Å². The van der Waals surface area contributed by atoms with Crippen molar-refractivity contribution in [3.8, 4) is 0 Å². The summed E-state index contributed by atoms with van der Waals surface area (Å²) in [5.41, 5.74) is 4.93. The molecule has 4 rings (SSSR count). The molecule has 0 bridgehead atoms. The molecule has 0 radical (unpaired) electrons. The first-order valence-electron chi connectivity index (χ1n) is 6.89. The number of aliphatic imine (C=N–C) groups is 1. The van der Waals surface area contributed by atoms with Crippen molar-refractivity contribution in [3.05, 3.63) is 77.6 Å². The highest BCUT2D eigenvalue weighted by Gasteiger charge is 2.17. The predicted octanol–water partition coefficient (Wildman–Crippen LogP) is 3.63. The Hall–Kier alpha value is -2.48. The third kappa shape index (κ3) is 1.73. The van der Waals surface area contributed by atoms with Gasteiger partial charge in [0.05, 0.1) is 5.71 Å². The number of aromatic nitrogens is 1. The molecule has 20 heavy (non-hydrogen) atoms. The molecule has 0 N–H and O–H groups in total. The Bertz CT molecular complexity index is 804. The van der Waals surface area contributed by atoms with Crippen LogP contribution in [0.2, 0.25) is 0 Å². The van der Waals surface area contributed by atoms with Crippen molar-refractivity contribution in [2.45, 2.75) is 6.42 Å². The Balaban J connectivity index is 1.96. The summed E-state index contributed by atoms with van der Waals surface area (Å²) in [6.45, 7) is 0.860. The van der Waals surface area contributed by atoms with E-state index in [1.165, 1.54) is 21.9 Å². The van der Waals surface area contributed by atoms with E-state index >= 15 is 0 Å². The van der Waals surface area contributed by atoms with Crippen LogP contribution < -0.4 is 0 Å². The average Bonchev–Trinajstić information content (AvgIpc) is 2.55. The Morgan fingerprint density at radius 3 is 2.60 bits per heavy atom. The maximum Gasteiger partial charge on any atom is 0.0723 e. The zero-order chi connectivity index (χ0) is 13.4. The topological polar surface area (TPSA) is 25.2 Å². The minimum absolute atomic E-state index is 0.860. The van der Waals surface area contributed by atoms with E-state index in [4.69, 9.17) is 4.99 Å². The molecule has 2 aromatic carbocycles. The Kier molecular flexibility index (Phi) is 2.59. The summed E-state index contributed by atoms with van der Waals surface area (Å²) < 4.78 is 0. The van der Waals surface area contributed by atoms with Gasteiger partial charge in [-0.25, -0.2) is 0 Å². The van der Waals surface area contributed by atoms with Crippen LogP contribution in [0.15, 0.2) is 65.9 Å².